The molecule has 11 heteroatoms. The molecule has 0 bridgehead atoms. The molecule has 31 heavy (non-hydrogen) atoms. The zero-order chi connectivity index (χ0) is 21.4. The molecular weight excluding hydrogens is 438 g/mol. The molecule has 0 radical (unpaired) electrons. The van der Waals surface area contributed by atoms with Crippen LogP contribution >= 0.6 is 11.8 Å². The van der Waals surface area contributed by atoms with Crippen LogP contribution in [0, 0.1) is 0 Å². The van der Waals surface area contributed by atoms with Gasteiger partial charge in [-0.2, -0.15) is 9.40 Å². The molecule has 4 aromatic rings. The van der Waals surface area contributed by atoms with Crippen molar-refractivity contribution in [1.82, 2.24) is 24.1 Å². The van der Waals surface area contributed by atoms with E-state index in [1.807, 2.05) is 30.3 Å². The van der Waals surface area contributed by atoms with Crippen molar-refractivity contribution in [2.24, 2.45) is 0 Å². The molecular formula is C20H19N5O4S2. The topological polar surface area (TPSA) is 114 Å². The maximum absolute atomic E-state index is 12.6. The first kappa shape index (κ1) is 20.0. The Morgan fingerprint density at radius 2 is 1.87 bits per heavy atom. The number of thioether (sulfide) groups is 1. The van der Waals surface area contributed by atoms with Gasteiger partial charge in [0.2, 0.25) is 5.09 Å². The standard InChI is InChI=1S/C20H19N5O4S2/c26-19-16-12-21-25(14-6-2-1-3-7-14)18(16)22-20(23-19)30-13-15-8-9-17(29-15)31(27,28)24-10-4-5-11-24/h1-3,6-9,12H,4-5,10-11,13H2,(H,22,23,26). The van der Waals surface area contributed by atoms with Crippen molar-refractivity contribution in [2.45, 2.75) is 28.8 Å². The average molecular weight is 458 g/mol. The van der Waals surface area contributed by atoms with Crippen LogP contribution in [-0.4, -0.2) is 45.6 Å². The van der Waals surface area contributed by atoms with Crippen LogP contribution < -0.4 is 5.56 Å². The summed E-state index contributed by atoms with van der Waals surface area (Å²) in [6.07, 6.45) is 3.22. The van der Waals surface area contributed by atoms with E-state index in [-0.39, 0.29) is 10.7 Å². The highest BCUT2D eigenvalue weighted by atomic mass is 32.2. The highest BCUT2D eigenvalue weighted by Crippen LogP contribution is 2.26. The summed E-state index contributed by atoms with van der Waals surface area (Å²) in [5.41, 5.74) is 0.968. The van der Waals surface area contributed by atoms with Crippen molar-refractivity contribution in [3.63, 3.8) is 0 Å². The first-order valence-electron chi connectivity index (χ1n) is 9.77. The number of aromatic amines is 1. The monoisotopic (exact) mass is 457 g/mol. The van der Waals surface area contributed by atoms with Crippen molar-refractivity contribution in [3.8, 4) is 5.69 Å². The fourth-order valence-electron chi connectivity index (χ4n) is 3.49. The van der Waals surface area contributed by atoms with E-state index < -0.39 is 10.0 Å². The van der Waals surface area contributed by atoms with Crippen LogP contribution in [0.15, 0.2) is 68.1 Å². The zero-order valence-electron chi connectivity index (χ0n) is 16.4. The number of nitrogens with zero attached hydrogens (tertiary/aromatic N) is 4. The van der Waals surface area contributed by atoms with E-state index in [4.69, 9.17) is 4.42 Å². The lowest BCUT2D eigenvalue weighted by atomic mass is 10.3. The molecule has 0 aliphatic carbocycles. The molecule has 0 saturated carbocycles. The van der Waals surface area contributed by atoms with Crippen LogP contribution in [0.3, 0.4) is 0 Å². The second kappa shape index (κ2) is 7.98. The third-order valence-corrected chi connectivity index (χ3v) is 7.73. The summed E-state index contributed by atoms with van der Waals surface area (Å²) in [5, 5.41) is 5.03. The lowest BCUT2D eigenvalue weighted by Crippen LogP contribution is -2.27. The van der Waals surface area contributed by atoms with E-state index in [1.165, 1.54) is 28.3 Å². The Balaban J connectivity index is 1.38. The number of para-hydroxylation sites is 1. The van der Waals surface area contributed by atoms with Crippen LogP contribution in [0.1, 0.15) is 18.6 Å². The quantitative estimate of drug-likeness (QED) is 0.350. The molecule has 5 rings (SSSR count). The predicted octanol–water partition coefficient (Wildman–Crippen LogP) is 2.78. The number of benzene rings is 1. The number of furan rings is 1. The predicted molar refractivity (Wildman–Crippen MR) is 116 cm³/mol. The molecule has 0 spiro atoms. The van der Waals surface area contributed by atoms with Crippen LogP contribution in [0.5, 0.6) is 0 Å². The highest BCUT2D eigenvalue weighted by molar-refractivity contribution is 7.98. The fourth-order valence-corrected chi connectivity index (χ4v) is 5.69. The van der Waals surface area contributed by atoms with Crippen molar-refractivity contribution < 1.29 is 12.8 Å². The summed E-state index contributed by atoms with van der Waals surface area (Å²) < 4.78 is 33.9. The molecule has 1 saturated heterocycles. The number of hydrogen-bond acceptors (Lipinski definition) is 7. The SMILES string of the molecule is O=c1[nH]c(SCc2ccc(S(=O)(=O)N3CCCC3)o2)nc2c1cnn2-c1ccccc1. The molecule has 160 valence electrons. The molecule has 1 aliphatic heterocycles. The number of hydrogen-bond donors (Lipinski definition) is 1. The van der Waals surface area contributed by atoms with Crippen molar-refractivity contribution in [1.29, 1.82) is 0 Å². The van der Waals surface area contributed by atoms with Crippen molar-refractivity contribution >= 4 is 32.8 Å². The molecule has 0 unspecified atom stereocenters. The minimum absolute atomic E-state index is 0.0518. The first-order valence-corrected chi connectivity index (χ1v) is 12.2. The van der Waals surface area contributed by atoms with Crippen molar-refractivity contribution in [3.05, 3.63) is 64.8 Å². The Bertz CT molecular complexity index is 1390. The van der Waals surface area contributed by atoms with E-state index >= 15 is 0 Å². The third-order valence-electron chi connectivity index (χ3n) is 5.06. The Labute approximate surface area is 182 Å². The van der Waals surface area contributed by atoms with Crippen LogP contribution in [0.25, 0.3) is 16.7 Å². The Morgan fingerprint density at radius 3 is 2.65 bits per heavy atom. The summed E-state index contributed by atoms with van der Waals surface area (Å²) in [6, 6.07) is 12.6. The Kier molecular flexibility index (Phi) is 5.16. The van der Waals surface area contributed by atoms with Gasteiger partial charge in [0.05, 0.1) is 17.6 Å². The normalized spacial score (nSPS) is 15.1. The molecule has 9 nitrogen and oxygen atoms in total. The molecule has 1 aromatic carbocycles. The number of rotatable bonds is 6. The summed E-state index contributed by atoms with van der Waals surface area (Å²) in [6.45, 7) is 1.04. The van der Waals surface area contributed by atoms with Gasteiger partial charge in [0, 0.05) is 13.1 Å². The molecule has 3 aromatic heterocycles. The molecule has 1 aliphatic rings. The Hall–Kier alpha value is -2.89. The first-order chi connectivity index (χ1) is 15.0. The lowest BCUT2D eigenvalue weighted by Gasteiger charge is -2.12. The molecule has 1 fully saturated rings. The van der Waals surface area contributed by atoms with E-state index in [0.717, 1.165) is 18.5 Å². The van der Waals surface area contributed by atoms with E-state index in [2.05, 4.69) is 15.1 Å². The second-order valence-corrected chi connectivity index (χ2v) is 9.95. The smallest absolute Gasteiger partial charge is 0.276 e. The van der Waals surface area contributed by atoms with Gasteiger partial charge >= 0.3 is 0 Å². The van der Waals surface area contributed by atoms with Gasteiger partial charge in [0.1, 0.15) is 11.1 Å². The minimum Gasteiger partial charge on any atom is -0.447 e. The van der Waals surface area contributed by atoms with Gasteiger partial charge < -0.3 is 9.40 Å². The maximum Gasteiger partial charge on any atom is 0.276 e. The number of H-pyrrole nitrogens is 1. The van der Waals surface area contributed by atoms with Gasteiger partial charge in [-0.1, -0.05) is 30.0 Å². The van der Waals surface area contributed by atoms with E-state index in [0.29, 0.717) is 40.8 Å². The largest absolute Gasteiger partial charge is 0.447 e. The molecule has 0 atom stereocenters. The zero-order valence-corrected chi connectivity index (χ0v) is 18.0. The van der Waals surface area contributed by atoms with Gasteiger partial charge in [-0.05, 0) is 37.1 Å². The maximum atomic E-state index is 12.6. The molecule has 0 amide bonds. The summed E-state index contributed by atoms with van der Waals surface area (Å²) in [5.74, 6) is 0.811. The number of fused-ring (bicyclic) bond motifs is 1. The number of aromatic nitrogens is 4. The van der Waals surface area contributed by atoms with Crippen molar-refractivity contribution in [2.75, 3.05) is 13.1 Å². The van der Waals surface area contributed by atoms with Crippen LogP contribution in [0.2, 0.25) is 0 Å². The summed E-state index contributed by atoms with van der Waals surface area (Å²) in [4.78, 5) is 19.8. The molecule has 4 heterocycles. The van der Waals surface area contributed by atoms with Crippen LogP contribution in [-0.2, 0) is 15.8 Å². The van der Waals surface area contributed by atoms with Crippen LogP contribution in [0.4, 0.5) is 0 Å². The molecule has 1 N–H and O–H groups in total. The van der Waals surface area contributed by atoms with Gasteiger partial charge in [0.25, 0.3) is 15.6 Å². The summed E-state index contributed by atoms with van der Waals surface area (Å²) >= 11 is 1.26. The number of sulfonamides is 1. The Morgan fingerprint density at radius 1 is 1.10 bits per heavy atom. The van der Waals surface area contributed by atoms with Gasteiger partial charge in [-0.15, -0.1) is 0 Å². The average Bonchev–Trinajstić information content (AvgIpc) is 3.54. The lowest BCUT2D eigenvalue weighted by molar-refractivity contribution is 0.397. The fraction of sp³-hybridized carbons (Fsp3) is 0.250. The van der Waals surface area contributed by atoms with E-state index in [9.17, 15) is 13.2 Å². The summed E-state index contributed by atoms with van der Waals surface area (Å²) in [7, 11) is -3.59. The van der Waals surface area contributed by atoms with E-state index in [1.54, 1.807) is 10.7 Å². The third kappa shape index (κ3) is 3.80. The second-order valence-electron chi connectivity index (χ2n) is 7.12. The highest BCUT2D eigenvalue weighted by Gasteiger charge is 2.30. The minimum atomic E-state index is -3.59. The van der Waals surface area contributed by atoms with Gasteiger partial charge in [0.15, 0.2) is 10.8 Å². The number of nitrogens with one attached hydrogen (secondary N) is 1. The van der Waals surface area contributed by atoms with Gasteiger partial charge in [-0.3, -0.25) is 4.79 Å². The van der Waals surface area contributed by atoms with Gasteiger partial charge in [-0.25, -0.2) is 18.1 Å².